The Hall–Kier alpha value is -1.15. The molecule has 1 aromatic heterocycles. The first-order valence-corrected chi connectivity index (χ1v) is 4.69. The number of aromatic nitrogens is 1. The van der Waals surface area contributed by atoms with Crippen molar-refractivity contribution in [1.29, 1.82) is 0 Å². The first-order chi connectivity index (χ1) is 6.58. The smallest absolute Gasteiger partial charge is 0.165 e. The van der Waals surface area contributed by atoms with Gasteiger partial charge in [-0.25, -0.2) is 9.37 Å². The maximum atomic E-state index is 13.1. The van der Waals surface area contributed by atoms with E-state index in [1.54, 1.807) is 0 Å². The minimum absolute atomic E-state index is 0.0671. The van der Waals surface area contributed by atoms with Crippen LogP contribution in [0.2, 0.25) is 5.15 Å². The van der Waals surface area contributed by atoms with E-state index in [9.17, 15) is 4.39 Å². The maximum Gasteiger partial charge on any atom is 0.165 e. The summed E-state index contributed by atoms with van der Waals surface area (Å²) >= 11 is 5.61. The van der Waals surface area contributed by atoms with Gasteiger partial charge in [0.1, 0.15) is 0 Å². The molecule has 0 aliphatic heterocycles. The van der Waals surface area contributed by atoms with Crippen molar-refractivity contribution < 1.29 is 4.39 Å². The van der Waals surface area contributed by atoms with E-state index in [0.29, 0.717) is 0 Å². The molecule has 3 heteroatoms. The number of hydrogen-bond donors (Lipinski definition) is 0. The quantitative estimate of drug-likeness (QED) is 0.604. The highest BCUT2D eigenvalue weighted by Gasteiger charge is 2.06. The molecule has 0 saturated heterocycles. The minimum atomic E-state index is -0.467. The van der Waals surface area contributed by atoms with Crippen molar-refractivity contribution in [3.8, 4) is 0 Å². The minimum Gasteiger partial charge on any atom is -0.233 e. The van der Waals surface area contributed by atoms with Crippen LogP contribution in [0.25, 0.3) is 10.9 Å². The number of hydrogen-bond acceptors (Lipinski definition) is 1. The van der Waals surface area contributed by atoms with Gasteiger partial charge in [0.15, 0.2) is 11.0 Å². The molecule has 0 aliphatic rings. The van der Waals surface area contributed by atoms with Crippen LogP contribution in [0.5, 0.6) is 0 Å². The summed E-state index contributed by atoms with van der Waals surface area (Å²) in [7, 11) is 0. The molecule has 72 valence electrons. The monoisotopic (exact) mass is 209 g/mol. The van der Waals surface area contributed by atoms with Crippen LogP contribution in [0.1, 0.15) is 11.1 Å². The Morgan fingerprint density at radius 2 is 1.93 bits per heavy atom. The molecule has 2 rings (SSSR count). The Bertz CT molecular complexity index is 508. The van der Waals surface area contributed by atoms with Gasteiger partial charge in [0.05, 0.1) is 5.52 Å². The third-order valence-corrected chi connectivity index (χ3v) is 2.46. The molecule has 1 nitrogen and oxygen atoms in total. The zero-order valence-corrected chi connectivity index (χ0v) is 8.69. The van der Waals surface area contributed by atoms with Gasteiger partial charge in [-0.2, -0.15) is 0 Å². The van der Waals surface area contributed by atoms with Gasteiger partial charge in [0.25, 0.3) is 0 Å². The van der Waals surface area contributed by atoms with Crippen LogP contribution in [-0.2, 0) is 0 Å². The van der Waals surface area contributed by atoms with Gasteiger partial charge in [-0.3, -0.25) is 0 Å². The van der Waals surface area contributed by atoms with Crippen molar-refractivity contribution in [2.24, 2.45) is 0 Å². The number of rotatable bonds is 0. The molecule has 0 fully saturated rings. The molecule has 0 bridgehead atoms. The highest BCUT2D eigenvalue weighted by atomic mass is 35.5. The summed E-state index contributed by atoms with van der Waals surface area (Å²) in [6, 6.07) is 5.32. The number of fused-ring (bicyclic) bond motifs is 1. The molecule has 0 atom stereocenters. The van der Waals surface area contributed by atoms with Crippen molar-refractivity contribution in [1.82, 2.24) is 4.98 Å². The highest BCUT2D eigenvalue weighted by molar-refractivity contribution is 6.30. The van der Waals surface area contributed by atoms with Gasteiger partial charge in [-0.05, 0) is 37.1 Å². The van der Waals surface area contributed by atoms with Gasteiger partial charge in [0.2, 0.25) is 0 Å². The standard InChI is InChI=1S/C11H9ClFN/c1-6-3-7(2)8-5-9(13)11(12)14-10(8)4-6/h3-5H,1-2H3. The lowest BCUT2D eigenvalue weighted by Gasteiger charge is -2.04. The first kappa shape index (κ1) is 9.41. The van der Waals surface area contributed by atoms with E-state index in [-0.39, 0.29) is 5.15 Å². The summed E-state index contributed by atoms with van der Waals surface area (Å²) in [6.45, 7) is 3.91. The maximum absolute atomic E-state index is 13.1. The van der Waals surface area contributed by atoms with Gasteiger partial charge in [-0.1, -0.05) is 17.7 Å². The Kier molecular flexibility index (Phi) is 2.16. The van der Waals surface area contributed by atoms with Crippen molar-refractivity contribution >= 4 is 22.5 Å². The summed E-state index contributed by atoms with van der Waals surface area (Å²) in [5.74, 6) is -0.467. The molecule has 0 N–H and O–H groups in total. The van der Waals surface area contributed by atoms with Crippen molar-refractivity contribution in [2.45, 2.75) is 13.8 Å². The molecule has 0 saturated carbocycles. The molecular formula is C11H9ClFN. The molecule has 2 aromatic rings. The zero-order valence-electron chi connectivity index (χ0n) is 7.94. The van der Waals surface area contributed by atoms with Crippen LogP contribution in [-0.4, -0.2) is 4.98 Å². The third-order valence-electron chi connectivity index (χ3n) is 2.20. The van der Waals surface area contributed by atoms with E-state index < -0.39 is 5.82 Å². The number of halogens is 2. The van der Waals surface area contributed by atoms with Crippen LogP contribution < -0.4 is 0 Å². The van der Waals surface area contributed by atoms with Crippen LogP contribution in [0.3, 0.4) is 0 Å². The molecule has 0 unspecified atom stereocenters. The van der Waals surface area contributed by atoms with E-state index in [1.807, 2.05) is 26.0 Å². The molecule has 14 heavy (non-hydrogen) atoms. The van der Waals surface area contributed by atoms with Crippen molar-refractivity contribution in [2.75, 3.05) is 0 Å². The topological polar surface area (TPSA) is 12.9 Å². The molecule has 0 aliphatic carbocycles. The Morgan fingerprint density at radius 3 is 2.64 bits per heavy atom. The van der Waals surface area contributed by atoms with E-state index in [2.05, 4.69) is 4.98 Å². The fourth-order valence-corrected chi connectivity index (χ4v) is 1.73. The molecule has 0 amide bonds. The number of nitrogens with zero attached hydrogens (tertiary/aromatic N) is 1. The normalized spacial score (nSPS) is 10.9. The molecule has 1 aromatic carbocycles. The van der Waals surface area contributed by atoms with E-state index >= 15 is 0 Å². The Morgan fingerprint density at radius 1 is 1.21 bits per heavy atom. The van der Waals surface area contributed by atoms with Gasteiger partial charge < -0.3 is 0 Å². The number of aryl methyl sites for hydroxylation is 2. The lowest BCUT2D eigenvalue weighted by Crippen LogP contribution is -1.89. The van der Waals surface area contributed by atoms with Crippen molar-refractivity contribution in [3.05, 3.63) is 40.3 Å². The molecule has 0 spiro atoms. The Balaban J connectivity index is 2.89. The van der Waals surface area contributed by atoms with Gasteiger partial charge >= 0.3 is 0 Å². The molecule has 0 radical (unpaired) electrons. The Labute approximate surface area is 86.5 Å². The number of pyridine rings is 1. The van der Waals surface area contributed by atoms with Crippen LogP contribution >= 0.6 is 11.6 Å². The van der Waals surface area contributed by atoms with E-state index in [1.165, 1.54) is 6.07 Å². The summed E-state index contributed by atoms with van der Waals surface area (Å²) in [5.41, 5.74) is 2.86. The summed E-state index contributed by atoms with van der Waals surface area (Å²) in [5, 5.41) is 0.750. The van der Waals surface area contributed by atoms with Crippen molar-refractivity contribution in [3.63, 3.8) is 0 Å². The second-order valence-electron chi connectivity index (χ2n) is 3.41. The molecule has 1 heterocycles. The fourth-order valence-electron chi connectivity index (χ4n) is 1.58. The van der Waals surface area contributed by atoms with E-state index in [0.717, 1.165) is 22.0 Å². The van der Waals surface area contributed by atoms with Gasteiger partial charge in [0, 0.05) is 5.39 Å². The van der Waals surface area contributed by atoms with Gasteiger partial charge in [-0.15, -0.1) is 0 Å². The molecular weight excluding hydrogens is 201 g/mol. The largest absolute Gasteiger partial charge is 0.233 e. The first-order valence-electron chi connectivity index (χ1n) is 4.31. The predicted octanol–water partition coefficient (Wildman–Crippen LogP) is 3.64. The fraction of sp³-hybridized carbons (Fsp3) is 0.182. The highest BCUT2D eigenvalue weighted by Crippen LogP contribution is 2.23. The zero-order chi connectivity index (χ0) is 10.3. The summed E-state index contributed by atoms with van der Waals surface area (Å²) in [6.07, 6.45) is 0. The van der Waals surface area contributed by atoms with Crippen LogP contribution in [0.15, 0.2) is 18.2 Å². The lowest BCUT2D eigenvalue weighted by atomic mass is 10.1. The predicted molar refractivity (Wildman–Crippen MR) is 56.2 cm³/mol. The number of benzene rings is 1. The second-order valence-corrected chi connectivity index (χ2v) is 3.77. The summed E-state index contributed by atoms with van der Waals surface area (Å²) in [4.78, 5) is 3.99. The summed E-state index contributed by atoms with van der Waals surface area (Å²) < 4.78 is 13.1. The van der Waals surface area contributed by atoms with Crippen LogP contribution in [0.4, 0.5) is 4.39 Å². The SMILES string of the molecule is Cc1cc(C)c2cc(F)c(Cl)nc2c1. The lowest BCUT2D eigenvalue weighted by molar-refractivity contribution is 0.624. The third kappa shape index (κ3) is 1.46. The average molecular weight is 210 g/mol. The van der Waals surface area contributed by atoms with Crippen LogP contribution in [0, 0.1) is 19.7 Å². The van der Waals surface area contributed by atoms with E-state index in [4.69, 9.17) is 11.6 Å². The average Bonchev–Trinajstić information content (AvgIpc) is 2.08. The second kappa shape index (κ2) is 3.21.